The van der Waals surface area contributed by atoms with Gasteiger partial charge in [0.15, 0.2) is 0 Å². The van der Waals surface area contributed by atoms with Gasteiger partial charge in [-0.15, -0.1) is 11.3 Å². The molecule has 3 rings (SSSR count). The number of fused-ring (bicyclic) bond motifs is 1. The molecule has 27 heavy (non-hydrogen) atoms. The summed E-state index contributed by atoms with van der Waals surface area (Å²) in [7, 11) is 1.53. The lowest BCUT2D eigenvalue weighted by molar-refractivity contribution is 0.0454. The zero-order valence-electron chi connectivity index (χ0n) is 14.8. The van der Waals surface area contributed by atoms with Crippen molar-refractivity contribution in [1.29, 1.82) is 0 Å². The maximum atomic E-state index is 14.3. The Kier molecular flexibility index (Phi) is 5.71. The molecule has 0 spiro atoms. The largest absolute Gasteiger partial charge is 0.497 e. The molecule has 7 heteroatoms. The van der Waals surface area contributed by atoms with Gasteiger partial charge in [-0.25, -0.2) is 14.0 Å². The number of halogens is 1. The zero-order valence-corrected chi connectivity index (χ0v) is 15.6. The Morgan fingerprint density at radius 3 is 2.44 bits per heavy atom. The summed E-state index contributed by atoms with van der Waals surface area (Å²) >= 11 is 1.12. The van der Waals surface area contributed by atoms with Crippen LogP contribution in [0.4, 0.5) is 4.39 Å². The van der Waals surface area contributed by atoms with Crippen LogP contribution in [0.15, 0.2) is 42.5 Å². The number of thiophene rings is 1. The van der Waals surface area contributed by atoms with Crippen LogP contribution < -0.4 is 4.74 Å². The minimum atomic E-state index is -0.580. The Bertz CT molecular complexity index is 978. The van der Waals surface area contributed by atoms with E-state index in [0.29, 0.717) is 21.6 Å². The number of esters is 2. The molecule has 0 N–H and O–H groups in total. The normalized spacial score (nSPS) is 10.6. The van der Waals surface area contributed by atoms with E-state index in [-0.39, 0.29) is 23.5 Å². The molecule has 3 aromatic rings. The zero-order chi connectivity index (χ0) is 19.4. The highest BCUT2D eigenvalue weighted by atomic mass is 32.1. The molecule has 0 aliphatic carbocycles. The molecular weight excluding hydrogens is 371 g/mol. The van der Waals surface area contributed by atoms with E-state index >= 15 is 0 Å². The third-order valence-electron chi connectivity index (χ3n) is 3.90. The van der Waals surface area contributed by atoms with Crippen LogP contribution >= 0.6 is 11.3 Å². The lowest BCUT2D eigenvalue weighted by atomic mass is 10.1. The molecular formula is C20H17FO5S. The van der Waals surface area contributed by atoms with Gasteiger partial charge in [-0.1, -0.05) is 6.07 Å². The van der Waals surface area contributed by atoms with E-state index in [1.165, 1.54) is 13.2 Å². The average molecular weight is 388 g/mol. The lowest BCUT2D eigenvalue weighted by Crippen LogP contribution is -2.09. The molecule has 0 radical (unpaired) electrons. The fourth-order valence-corrected chi connectivity index (χ4v) is 3.73. The van der Waals surface area contributed by atoms with Crippen molar-refractivity contribution in [1.82, 2.24) is 0 Å². The smallest absolute Gasteiger partial charge is 0.348 e. The van der Waals surface area contributed by atoms with Crippen molar-refractivity contribution in [2.45, 2.75) is 13.5 Å². The molecule has 1 aromatic heterocycles. The predicted octanol–water partition coefficient (Wildman–Crippen LogP) is 4.58. The van der Waals surface area contributed by atoms with Crippen molar-refractivity contribution >= 4 is 33.4 Å². The van der Waals surface area contributed by atoms with Crippen LogP contribution in [0.3, 0.4) is 0 Å². The first-order valence-corrected chi connectivity index (χ1v) is 9.05. The second kappa shape index (κ2) is 8.18. The quantitative estimate of drug-likeness (QED) is 0.578. The third-order valence-corrected chi connectivity index (χ3v) is 5.07. The Hall–Kier alpha value is -2.93. The molecule has 0 atom stereocenters. The first kappa shape index (κ1) is 18.8. The molecule has 0 unspecified atom stereocenters. The first-order valence-electron chi connectivity index (χ1n) is 8.23. The minimum Gasteiger partial charge on any atom is -0.497 e. The van der Waals surface area contributed by atoms with Crippen molar-refractivity contribution in [3.05, 3.63) is 64.3 Å². The van der Waals surface area contributed by atoms with Crippen LogP contribution in [-0.2, 0) is 16.1 Å². The molecule has 0 fully saturated rings. The summed E-state index contributed by atoms with van der Waals surface area (Å²) < 4.78 is 30.4. The average Bonchev–Trinajstić information content (AvgIpc) is 3.06. The number of rotatable bonds is 6. The van der Waals surface area contributed by atoms with Gasteiger partial charge in [0.2, 0.25) is 0 Å². The van der Waals surface area contributed by atoms with Crippen molar-refractivity contribution in [3.8, 4) is 5.75 Å². The number of methoxy groups -OCH3 is 1. The summed E-state index contributed by atoms with van der Waals surface area (Å²) in [6, 6.07) is 11.0. The van der Waals surface area contributed by atoms with Gasteiger partial charge in [0.05, 0.1) is 19.3 Å². The fraction of sp³-hybridized carbons (Fsp3) is 0.200. The number of benzene rings is 2. The molecule has 1 heterocycles. The number of hydrogen-bond acceptors (Lipinski definition) is 6. The van der Waals surface area contributed by atoms with Crippen molar-refractivity contribution in [3.63, 3.8) is 0 Å². The van der Waals surface area contributed by atoms with E-state index in [9.17, 15) is 14.0 Å². The molecule has 2 aromatic carbocycles. The summed E-state index contributed by atoms with van der Waals surface area (Å²) in [5.74, 6) is -1.01. The highest BCUT2D eigenvalue weighted by molar-refractivity contribution is 7.21. The highest BCUT2D eigenvalue weighted by Gasteiger charge is 2.23. The maximum Gasteiger partial charge on any atom is 0.348 e. The van der Waals surface area contributed by atoms with Gasteiger partial charge in [-0.3, -0.25) is 0 Å². The first-order chi connectivity index (χ1) is 13.0. The Morgan fingerprint density at radius 2 is 1.78 bits per heavy atom. The third kappa shape index (κ3) is 3.93. The van der Waals surface area contributed by atoms with E-state index in [1.54, 1.807) is 43.3 Å². The van der Waals surface area contributed by atoms with E-state index in [4.69, 9.17) is 14.2 Å². The number of carbonyl (C=O) groups excluding carboxylic acids is 2. The van der Waals surface area contributed by atoms with E-state index < -0.39 is 17.8 Å². The SMILES string of the molecule is CCOC(=O)c1sc2cccc(F)c2c1COC(=O)c1ccc(OC)cc1. The van der Waals surface area contributed by atoms with Crippen LogP contribution in [0.25, 0.3) is 10.1 Å². The van der Waals surface area contributed by atoms with Gasteiger partial charge >= 0.3 is 11.9 Å². The Morgan fingerprint density at radius 1 is 1.04 bits per heavy atom. The van der Waals surface area contributed by atoms with Gasteiger partial charge in [-0.05, 0) is 43.3 Å². The molecule has 0 bridgehead atoms. The molecule has 0 aliphatic heterocycles. The maximum absolute atomic E-state index is 14.3. The van der Waals surface area contributed by atoms with Crippen molar-refractivity contribution in [2.24, 2.45) is 0 Å². The summed E-state index contributed by atoms with van der Waals surface area (Å²) in [6.07, 6.45) is 0. The molecule has 0 amide bonds. The van der Waals surface area contributed by atoms with Crippen molar-refractivity contribution < 1.29 is 28.2 Å². The second-order valence-corrected chi connectivity index (χ2v) is 6.60. The van der Waals surface area contributed by atoms with Crippen LogP contribution in [0, 0.1) is 5.82 Å². The van der Waals surface area contributed by atoms with E-state index in [1.807, 2.05) is 0 Å². The highest BCUT2D eigenvalue weighted by Crippen LogP contribution is 2.34. The summed E-state index contributed by atoms with van der Waals surface area (Å²) in [5.41, 5.74) is 0.641. The second-order valence-electron chi connectivity index (χ2n) is 5.55. The summed E-state index contributed by atoms with van der Waals surface area (Å²) in [5, 5.41) is 0.271. The molecule has 0 saturated carbocycles. The number of ether oxygens (including phenoxy) is 3. The number of carbonyl (C=O) groups is 2. The fourth-order valence-electron chi connectivity index (χ4n) is 2.61. The van der Waals surface area contributed by atoms with Gasteiger partial charge < -0.3 is 14.2 Å². The van der Waals surface area contributed by atoms with Crippen LogP contribution in [-0.4, -0.2) is 25.7 Å². The summed E-state index contributed by atoms with van der Waals surface area (Å²) in [6.45, 7) is 1.65. The topological polar surface area (TPSA) is 61.8 Å². The van der Waals surface area contributed by atoms with Gasteiger partial charge in [0.1, 0.15) is 23.1 Å². The predicted molar refractivity (Wildman–Crippen MR) is 99.9 cm³/mol. The van der Waals surface area contributed by atoms with Gasteiger partial charge in [0.25, 0.3) is 0 Å². The number of hydrogen-bond donors (Lipinski definition) is 0. The molecule has 140 valence electrons. The Labute approximate surface area is 159 Å². The van der Waals surface area contributed by atoms with Gasteiger partial charge in [0, 0.05) is 15.6 Å². The summed E-state index contributed by atoms with van der Waals surface area (Å²) in [4.78, 5) is 24.8. The van der Waals surface area contributed by atoms with Crippen molar-refractivity contribution in [2.75, 3.05) is 13.7 Å². The molecule has 5 nitrogen and oxygen atoms in total. The Balaban J connectivity index is 1.89. The lowest BCUT2D eigenvalue weighted by Gasteiger charge is -2.08. The van der Waals surface area contributed by atoms with E-state index in [2.05, 4.69) is 0 Å². The van der Waals surface area contributed by atoms with Crippen LogP contribution in [0.2, 0.25) is 0 Å². The molecule has 0 saturated heterocycles. The standard InChI is InChI=1S/C20H17FO5S/c1-3-25-20(23)18-14(17-15(21)5-4-6-16(17)27-18)11-26-19(22)12-7-9-13(24-2)10-8-12/h4-10H,3,11H2,1-2H3. The molecule has 0 aliphatic rings. The van der Waals surface area contributed by atoms with E-state index in [0.717, 1.165) is 11.3 Å². The monoisotopic (exact) mass is 388 g/mol. The minimum absolute atomic E-state index is 0.195. The van der Waals surface area contributed by atoms with Crippen LogP contribution in [0.5, 0.6) is 5.75 Å². The van der Waals surface area contributed by atoms with Crippen LogP contribution in [0.1, 0.15) is 32.5 Å². The van der Waals surface area contributed by atoms with Gasteiger partial charge in [-0.2, -0.15) is 0 Å².